The Morgan fingerprint density at radius 2 is 1.95 bits per heavy atom. The highest BCUT2D eigenvalue weighted by molar-refractivity contribution is 6.08. The number of aromatic nitrogens is 2. The highest BCUT2D eigenvalue weighted by atomic mass is 16.5. The molecule has 0 aliphatic heterocycles. The summed E-state index contributed by atoms with van der Waals surface area (Å²) in [4.78, 5) is 24.5. The molecule has 1 aromatic heterocycles. The standard InChI is InChI=1S/C16H19N3O3/c1-5-22-16(21)13-11(3)18-19(4)14(13)17-15(20)12-9-7-6-8-10(12)2/h6-9H,5H2,1-4H3,(H,17,20). The molecular formula is C16H19N3O3. The maximum Gasteiger partial charge on any atom is 0.343 e. The molecule has 116 valence electrons. The molecule has 6 nitrogen and oxygen atoms in total. The Hall–Kier alpha value is -2.63. The smallest absolute Gasteiger partial charge is 0.343 e. The van der Waals surface area contributed by atoms with Crippen molar-refractivity contribution in [2.24, 2.45) is 7.05 Å². The van der Waals surface area contributed by atoms with E-state index in [2.05, 4.69) is 10.4 Å². The summed E-state index contributed by atoms with van der Waals surface area (Å²) < 4.78 is 6.50. The summed E-state index contributed by atoms with van der Waals surface area (Å²) in [7, 11) is 1.67. The number of nitrogens with one attached hydrogen (secondary N) is 1. The molecule has 0 radical (unpaired) electrons. The number of hydrogen-bond acceptors (Lipinski definition) is 4. The molecule has 0 bridgehead atoms. The fourth-order valence-corrected chi connectivity index (χ4v) is 2.25. The van der Waals surface area contributed by atoms with E-state index in [1.807, 2.05) is 19.1 Å². The quantitative estimate of drug-likeness (QED) is 0.880. The summed E-state index contributed by atoms with van der Waals surface area (Å²) in [5.41, 5.74) is 2.21. The fraction of sp³-hybridized carbons (Fsp3) is 0.312. The average molecular weight is 301 g/mol. The summed E-state index contributed by atoms with van der Waals surface area (Å²) in [6, 6.07) is 7.25. The molecule has 1 N–H and O–H groups in total. The third kappa shape index (κ3) is 3.00. The summed E-state index contributed by atoms with van der Waals surface area (Å²) in [5, 5.41) is 6.94. The van der Waals surface area contributed by atoms with E-state index < -0.39 is 5.97 Å². The van der Waals surface area contributed by atoms with E-state index in [0.717, 1.165) is 5.56 Å². The molecule has 2 aromatic rings. The third-order valence-corrected chi connectivity index (χ3v) is 3.32. The first-order chi connectivity index (χ1) is 10.5. The van der Waals surface area contributed by atoms with E-state index in [-0.39, 0.29) is 18.1 Å². The van der Waals surface area contributed by atoms with Crippen LogP contribution in [-0.2, 0) is 11.8 Å². The van der Waals surface area contributed by atoms with Crippen molar-refractivity contribution in [2.45, 2.75) is 20.8 Å². The predicted octanol–water partition coefficient (Wildman–Crippen LogP) is 2.47. The number of ether oxygens (including phenoxy) is 1. The van der Waals surface area contributed by atoms with Gasteiger partial charge in [0.25, 0.3) is 5.91 Å². The van der Waals surface area contributed by atoms with Crippen LogP contribution in [0.15, 0.2) is 24.3 Å². The normalized spacial score (nSPS) is 10.4. The van der Waals surface area contributed by atoms with Crippen molar-refractivity contribution in [1.82, 2.24) is 9.78 Å². The number of nitrogens with zero attached hydrogens (tertiary/aromatic N) is 2. The maximum absolute atomic E-state index is 12.4. The van der Waals surface area contributed by atoms with Crippen LogP contribution in [-0.4, -0.2) is 28.3 Å². The second-order valence-electron chi connectivity index (χ2n) is 4.92. The van der Waals surface area contributed by atoms with Crippen molar-refractivity contribution in [3.63, 3.8) is 0 Å². The van der Waals surface area contributed by atoms with Gasteiger partial charge in [0.15, 0.2) is 0 Å². The summed E-state index contributed by atoms with van der Waals surface area (Å²) in [6.45, 7) is 5.55. The number of amides is 1. The number of carbonyl (C=O) groups is 2. The lowest BCUT2D eigenvalue weighted by Crippen LogP contribution is -2.18. The van der Waals surface area contributed by atoms with E-state index in [9.17, 15) is 9.59 Å². The largest absolute Gasteiger partial charge is 0.462 e. The molecule has 0 unspecified atom stereocenters. The zero-order valence-electron chi connectivity index (χ0n) is 13.1. The zero-order chi connectivity index (χ0) is 16.3. The first kappa shape index (κ1) is 15.8. The van der Waals surface area contributed by atoms with E-state index in [0.29, 0.717) is 17.1 Å². The van der Waals surface area contributed by atoms with Gasteiger partial charge in [-0.2, -0.15) is 5.10 Å². The highest BCUT2D eigenvalue weighted by Crippen LogP contribution is 2.21. The first-order valence-electron chi connectivity index (χ1n) is 7.03. The zero-order valence-corrected chi connectivity index (χ0v) is 13.1. The van der Waals surface area contributed by atoms with Gasteiger partial charge in [-0.1, -0.05) is 18.2 Å². The van der Waals surface area contributed by atoms with Crippen LogP contribution in [0.3, 0.4) is 0 Å². The number of anilines is 1. The predicted molar refractivity (Wildman–Crippen MR) is 83.0 cm³/mol. The molecule has 22 heavy (non-hydrogen) atoms. The summed E-state index contributed by atoms with van der Waals surface area (Å²) >= 11 is 0. The van der Waals surface area contributed by atoms with Gasteiger partial charge >= 0.3 is 5.97 Å². The Morgan fingerprint density at radius 1 is 1.27 bits per heavy atom. The molecule has 1 aromatic carbocycles. The van der Waals surface area contributed by atoms with Gasteiger partial charge < -0.3 is 10.1 Å². The Balaban J connectivity index is 2.36. The highest BCUT2D eigenvalue weighted by Gasteiger charge is 2.23. The lowest BCUT2D eigenvalue weighted by atomic mass is 10.1. The fourth-order valence-electron chi connectivity index (χ4n) is 2.25. The lowest BCUT2D eigenvalue weighted by molar-refractivity contribution is 0.0526. The molecule has 0 saturated carbocycles. The number of benzene rings is 1. The lowest BCUT2D eigenvalue weighted by Gasteiger charge is -2.10. The second kappa shape index (κ2) is 6.43. The monoisotopic (exact) mass is 301 g/mol. The van der Waals surface area contributed by atoms with Crippen molar-refractivity contribution in [2.75, 3.05) is 11.9 Å². The second-order valence-corrected chi connectivity index (χ2v) is 4.92. The first-order valence-corrected chi connectivity index (χ1v) is 7.03. The van der Waals surface area contributed by atoms with E-state index in [4.69, 9.17) is 4.74 Å². The van der Waals surface area contributed by atoms with Crippen LogP contribution in [0.4, 0.5) is 5.82 Å². The summed E-state index contributed by atoms with van der Waals surface area (Å²) in [6.07, 6.45) is 0. The Labute approximate surface area is 129 Å². The van der Waals surface area contributed by atoms with Gasteiger partial charge in [0.2, 0.25) is 0 Å². The van der Waals surface area contributed by atoms with Crippen LogP contribution in [0.1, 0.15) is 38.9 Å². The minimum absolute atomic E-state index is 0.262. The van der Waals surface area contributed by atoms with Crippen LogP contribution >= 0.6 is 0 Å². The SMILES string of the molecule is CCOC(=O)c1c(C)nn(C)c1NC(=O)c1ccccc1C. The van der Waals surface area contributed by atoms with Crippen LogP contribution in [0, 0.1) is 13.8 Å². The van der Waals surface area contributed by atoms with Crippen molar-refractivity contribution >= 4 is 17.7 Å². The molecule has 6 heteroatoms. The van der Waals surface area contributed by atoms with E-state index in [1.165, 1.54) is 4.68 Å². The Bertz CT molecular complexity index is 719. The van der Waals surface area contributed by atoms with Gasteiger partial charge in [0, 0.05) is 12.6 Å². The van der Waals surface area contributed by atoms with Gasteiger partial charge in [0.1, 0.15) is 11.4 Å². The van der Waals surface area contributed by atoms with Crippen LogP contribution in [0.25, 0.3) is 0 Å². The van der Waals surface area contributed by atoms with Crippen LogP contribution in [0.2, 0.25) is 0 Å². The Kier molecular flexibility index (Phi) is 4.60. The van der Waals surface area contributed by atoms with Gasteiger partial charge in [-0.05, 0) is 32.4 Å². The number of rotatable bonds is 4. The van der Waals surface area contributed by atoms with Crippen molar-refractivity contribution in [1.29, 1.82) is 0 Å². The number of esters is 1. The van der Waals surface area contributed by atoms with Gasteiger partial charge in [-0.3, -0.25) is 9.48 Å². The van der Waals surface area contributed by atoms with Crippen LogP contribution in [0.5, 0.6) is 0 Å². The Morgan fingerprint density at radius 3 is 2.59 bits per heavy atom. The van der Waals surface area contributed by atoms with Crippen molar-refractivity contribution in [3.05, 3.63) is 46.6 Å². The van der Waals surface area contributed by atoms with Crippen molar-refractivity contribution in [3.8, 4) is 0 Å². The molecule has 0 aliphatic rings. The molecule has 0 spiro atoms. The molecule has 0 fully saturated rings. The molecule has 0 saturated heterocycles. The van der Waals surface area contributed by atoms with Crippen LogP contribution < -0.4 is 5.32 Å². The minimum Gasteiger partial charge on any atom is -0.462 e. The molecular weight excluding hydrogens is 282 g/mol. The van der Waals surface area contributed by atoms with Gasteiger partial charge in [0.05, 0.1) is 12.3 Å². The van der Waals surface area contributed by atoms with Gasteiger partial charge in [-0.15, -0.1) is 0 Å². The maximum atomic E-state index is 12.4. The topological polar surface area (TPSA) is 73.2 Å². The molecule has 0 atom stereocenters. The van der Waals surface area contributed by atoms with Gasteiger partial charge in [-0.25, -0.2) is 4.79 Å². The molecule has 2 rings (SSSR count). The minimum atomic E-state index is -0.492. The summed E-state index contributed by atoms with van der Waals surface area (Å²) in [5.74, 6) is -0.441. The average Bonchev–Trinajstić information content (AvgIpc) is 2.74. The van der Waals surface area contributed by atoms with E-state index in [1.54, 1.807) is 33.0 Å². The number of hydrogen-bond donors (Lipinski definition) is 1. The molecule has 1 amide bonds. The number of aryl methyl sites for hydroxylation is 3. The van der Waals surface area contributed by atoms with Crippen molar-refractivity contribution < 1.29 is 14.3 Å². The molecule has 1 heterocycles. The number of carbonyl (C=O) groups excluding carboxylic acids is 2. The third-order valence-electron chi connectivity index (χ3n) is 3.32. The molecule has 0 aliphatic carbocycles. The van der Waals surface area contributed by atoms with E-state index >= 15 is 0 Å².